The van der Waals surface area contributed by atoms with Crippen molar-refractivity contribution in [3.63, 3.8) is 0 Å². The number of carbonyl (C=O) groups is 1. The third-order valence-corrected chi connectivity index (χ3v) is 5.04. The van der Waals surface area contributed by atoms with Crippen LogP contribution in [0.15, 0.2) is 45.5 Å². The molecule has 1 aromatic heterocycles. The van der Waals surface area contributed by atoms with E-state index in [2.05, 4.69) is 54.5 Å². The maximum Gasteiger partial charge on any atom is 0.288 e. The summed E-state index contributed by atoms with van der Waals surface area (Å²) < 4.78 is 4.69. The number of para-hydroxylation sites is 1. The summed E-state index contributed by atoms with van der Waals surface area (Å²) in [5, 5.41) is 8.47. The van der Waals surface area contributed by atoms with E-state index < -0.39 is 15.9 Å². The van der Waals surface area contributed by atoms with Crippen LogP contribution in [0.4, 0.5) is 5.69 Å². The Morgan fingerprint density at radius 3 is 2.44 bits per heavy atom. The van der Waals surface area contributed by atoms with Crippen LogP contribution in [0.2, 0.25) is 0 Å². The van der Waals surface area contributed by atoms with Gasteiger partial charge in [0.2, 0.25) is 3.79 Å². The van der Waals surface area contributed by atoms with E-state index in [-0.39, 0.29) is 10.9 Å². The van der Waals surface area contributed by atoms with E-state index in [1.807, 2.05) is 24.3 Å². The quantitative estimate of drug-likeness (QED) is 0.199. The van der Waals surface area contributed by atoms with Gasteiger partial charge in [0.25, 0.3) is 5.91 Å². The maximum atomic E-state index is 12.2. The van der Waals surface area contributed by atoms with Crippen LogP contribution in [0.3, 0.4) is 0 Å². The van der Waals surface area contributed by atoms with E-state index in [0.29, 0.717) is 4.67 Å². The molecule has 0 aliphatic heterocycles. The minimum Gasteiger partial charge on any atom is -0.444 e. The molecule has 2 aromatic rings. The number of benzene rings is 1. The van der Waals surface area contributed by atoms with E-state index >= 15 is 0 Å². The zero-order valence-electron chi connectivity index (χ0n) is 12.2. The van der Waals surface area contributed by atoms with Crippen LogP contribution in [-0.2, 0) is 0 Å². The molecule has 0 saturated carbocycles. The molecule has 1 aromatic carbocycles. The molecular formula is C14H10BrCl3IN3O2S. The molecule has 11 heteroatoms. The fourth-order valence-electron chi connectivity index (χ4n) is 1.69. The summed E-state index contributed by atoms with van der Waals surface area (Å²) in [6.45, 7) is 0. The highest BCUT2D eigenvalue weighted by atomic mass is 127. The lowest BCUT2D eigenvalue weighted by Gasteiger charge is -2.27. The fourth-order valence-corrected chi connectivity index (χ4v) is 3.07. The van der Waals surface area contributed by atoms with Crippen molar-refractivity contribution < 1.29 is 9.21 Å². The first-order valence-corrected chi connectivity index (χ1v) is 10.0. The zero-order valence-corrected chi connectivity index (χ0v) is 19.0. The topological polar surface area (TPSA) is 66.3 Å². The molecule has 2 rings (SSSR count). The molecule has 134 valence electrons. The molecule has 0 aliphatic carbocycles. The average Bonchev–Trinajstić information content (AvgIpc) is 2.94. The number of halogens is 5. The van der Waals surface area contributed by atoms with E-state index in [4.69, 9.17) is 51.4 Å². The second-order valence-corrected chi connectivity index (χ2v) is 9.35. The minimum atomic E-state index is -1.85. The van der Waals surface area contributed by atoms with Crippen molar-refractivity contribution in [2.75, 3.05) is 5.32 Å². The number of rotatable bonds is 4. The van der Waals surface area contributed by atoms with Crippen molar-refractivity contribution in [3.8, 4) is 0 Å². The smallest absolute Gasteiger partial charge is 0.288 e. The molecule has 0 saturated heterocycles. The van der Waals surface area contributed by atoms with Crippen LogP contribution in [0.5, 0.6) is 0 Å². The summed E-state index contributed by atoms with van der Waals surface area (Å²) in [4.78, 5) is 12.2. The van der Waals surface area contributed by atoms with Gasteiger partial charge in [0.05, 0.1) is 5.69 Å². The summed E-state index contributed by atoms with van der Waals surface area (Å²) in [6, 6.07) is 10.6. The lowest BCUT2D eigenvalue weighted by Crippen LogP contribution is -2.56. The van der Waals surface area contributed by atoms with Crippen molar-refractivity contribution in [1.29, 1.82) is 0 Å². The number of carbonyl (C=O) groups excluding carboxylic acids is 1. The summed E-state index contributed by atoms with van der Waals surface area (Å²) in [7, 11) is 0. The third-order valence-electron chi connectivity index (χ3n) is 2.80. The predicted molar refractivity (Wildman–Crippen MR) is 116 cm³/mol. The normalized spacial score (nSPS) is 12.4. The molecular weight excluding hydrogens is 587 g/mol. The number of nitrogens with one attached hydrogen (secondary N) is 3. The molecule has 0 radical (unpaired) electrons. The molecule has 1 amide bonds. The highest BCUT2D eigenvalue weighted by molar-refractivity contribution is 14.1. The van der Waals surface area contributed by atoms with Crippen molar-refractivity contribution in [2.24, 2.45) is 0 Å². The number of hydrogen-bond acceptors (Lipinski definition) is 3. The molecule has 0 unspecified atom stereocenters. The Morgan fingerprint density at radius 2 is 1.88 bits per heavy atom. The van der Waals surface area contributed by atoms with Crippen LogP contribution in [0, 0.1) is 3.57 Å². The molecule has 1 heterocycles. The van der Waals surface area contributed by atoms with Crippen LogP contribution >= 0.6 is 85.5 Å². The van der Waals surface area contributed by atoms with Crippen molar-refractivity contribution >= 4 is 102 Å². The van der Waals surface area contributed by atoms with E-state index in [1.165, 1.54) is 6.07 Å². The van der Waals surface area contributed by atoms with Gasteiger partial charge in [-0.2, -0.15) is 0 Å². The second-order valence-electron chi connectivity index (χ2n) is 4.63. The molecule has 0 aliphatic rings. The van der Waals surface area contributed by atoms with Gasteiger partial charge in [0, 0.05) is 3.57 Å². The Hall–Kier alpha value is -0.260. The highest BCUT2D eigenvalue weighted by Gasteiger charge is 2.35. The van der Waals surface area contributed by atoms with Gasteiger partial charge in [-0.3, -0.25) is 4.79 Å². The van der Waals surface area contributed by atoms with Crippen LogP contribution in [-0.4, -0.2) is 21.0 Å². The van der Waals surface area contributed by atoms with Crippen LogP contribution in [0.1, 0.15) is 10.6 Å². The number of amides is 1. The molecule has 25 heavy (non-hydrogen) atoms. The Balaban J connectivity index is 2.06. The second kappa shape index (κ2) is 9.09. The van der Waals surface area contributed by atoms with Crippen LogP contribution < -0.4 is 16.0 Å². The SMILES string of the molecule is O=C(N[C@H](NC(=S)Nc1ccccc1I)C(Cl)(Cl)Cl)c1ccc(Br)o1. The third kappa shape index (κ3) is 6.44. The number of thiocarbonyl (C=S) groups is 1. The molecule has 0 spiro atoms. The Kier molecular flexibility index (Phi) is 7.66. The molecule has 5 nitrogen and oxygen atoms in total. The number of hydrogen-bond donors (Lipinski definition) is 3. The summed E-state index contributed by atoms with van der Waals surface area (Å²) in [6.07, 6.45) is -1.09. The van der Waals surface area contributed by atoms with Gasteiger partial charge in [-0.15, -0.1) is 0 Å². The number of anilines is 1. The number of alkyl halides is 3. The maximum absolute atomic E-state index is 12.2. The Bertz CT molecular complexity index is 785. The van der Waals surface area contributed by atoms with Gasteiger partial charge >= 0.3 is 0 Å². The van der Waals surface area contributed by atoms with Gasteiger partial charge in [0.1, 0.15) is 6.17 Å². The van der Waals surface area contributed by atoms with E-state index in [0.717, 1.165) is 9.26 Å². The first-order chi connectivity index (χ1) is 11.7. The van der Waals surface area contributed by atoms with Gasteiger partial charge in [-0.1, -0.05) is 46.9 Å². The standard InChI is InChI=1S/C14H10BrCl3IN3O2S/c15-10-6-5-9(24-10)11(23)21-12(14(16,17)18)22-13(25)20-8-4-2-1-3-7(8)19/h1-6,12H,(H,21,23)(H2,20,22,25)/t12-/m1/s1. The van der Waals surface area contributed by atoms with Gasteiger partial charge in [-0.25, -0.2) is 0 Å². The molecule has 0 bridgehead atoms. The summed E-state index contributed by atoms with van der Waals surface area (Å²) in [5.41, 5.74) is 0.782. The zero-order chi connectivity index (χ0) is 18.6. The predicted octanol–water partition coefficient (Wildman–Crippen LogP) is 5.06. The number of furan rings is 1. The molecule has 1 atom stereocenters. The first kappa shape index (κ1) is 21.0. The summed E-state index contributed by atoms with van der Waals surface area (Å²) >= 11 is 28.3. The molecule has 0 fully saturated rings. The largest absolute Gasteiger partial charge is 0.444 e. The van der Waals surface area contributed by atoms with E-state index in [9.17, 15) is 4.79 Å². The van der Waals surface area contributed by atoms with E-state index in [1.54, 1.807) is 6.07 Å². The monoisotopic (exact) mass is 595 g/mol. The van der Waals surface area contributed by atoms with Gasteiger partial charge in [0.15, 0.2) is 15.5 Å². The van der Waals surface area contributed by atoms with Gasteiger partial charge in [-0.05, 0) is 75.0 Å². The van der Waals surface area contributed by atoms with Crippen molar-refractivity contribution in [2.45, 2.75) is 9.96 Å². The lowest BCUT2D eigenvalue weighted by molar-refractivity contribution is 0.0905. The van der Waals surface area contributed by atoms with Crippen molar-refractivity contribution in [1.82, 2.24) is 10.6 Å². The van der Waals surface area contributed by atoms with Crippen molar-refractivity contribution in [3.05, 3.63) is 50.4 Å². The van der Waals surface area contributed by atoms with Gasteiger partial charge < -0.3 is 20.4 Å². The Morgan fingerprint density at radius 1 is 1.20 bits per heavy atom. The fraction of sp³-hybridized carbons (Fsp3) is 0.143. The lowest BCUT2D eigenvalue weighted by atomic mass is 10.3. The average molecular weight is 597 g/mol. The summed E-state index contributed by atoms with van der Waals surface area (Å²) in [5.74, 6) is -0.504. The highest BCUT2D eigenvalue weighted by Crippen LogP contribution is 2.29. The Labute approximate surface area is 186 Å². The first-order valence-electron chi connectivity index (χ1n) is 6.62. The minimum absolute atomic E-state index is 0.0596. The molecule has 3 N–H and O–H groups in total. The van der Waals surface area contributed by atoms with Crippen LogP contribution in [0.25, 0.3) is 0 Å².